The average molecular weight is 758 g/mol. The fraction of sp³-hybridized carbons (Fsp3) is 0.176. The summed E-state index contributed by atoms with van der Waals surface area (Å²) in [5, 5.41) is 5.05. The van der Waals surface area contributed by atoms with Gasteiger partial charge in [-0.1, -0.05) is 29.3 Å². The van der Waals surface area contributed by atoms with E-state index in [0.717, 1.165) is 26.2 Å². The lowest BCUT2D eigenvalue weighted by atomic mass is 10.2. The van der Waals surface area contributed by atoms with E-state index in [9.17, 15) is 4.79 Å². The van der Waals surface area contributed by atoms with E-state index in [0.29, 0.717) is 45.2 Å². The van der Waals surface area contributed by atoms with Crippen molar-refractivity contribution in [3.05, 3.63) is 127 Å². The molecule has 0 aliphatic heterocycles. The van der Waals surface area contributed by atoms with Gasteiger partial charge in [0.25, 0.3) is 0 Å². The molecule has 1 amide bonds. The molecule has 45 heavy (non-hydrogen) atoms. The maximum Gasteiger partial charge on any atom is 0.307 e. The molecule has 0 fully saturated rings. The minimum absolute atomic E-state index is 0.121. The number of furan rings is 1. The van der Waals surface area contributed by atoms with Crippen molar-refractivity contribution < 1.29 is 23.4 Å². The number of nitrogens with one attached hydrogen (secondary N) is 1. The standard InChI is InChI=1S/C34H30Cl2IN3O5/c1-4-42-32-17-24(16-30(37)33(32)44-19-23-7-13-28(35)29(36)15-23)18-38-39-34(41)31-14-12-27(45-31)20-43-26-10-8-25(9-11-26)40-21(2)5-6-22(40)3/h5-18H,4,19-20H2,1-3H3,(H,39,41)/b38-18+. The summed E-state index contributed by atoms with van der Waals surface area (Å²) in [5.41, 5.74) is 7.48. The molecule has 0 radical (unpaired) electrons. The van der Waals surface area contributed by atoms with Gasteiger partial charge in [-0.25, -0.2) is 5.43 Å². The van der Waals surface area contributed by atoms with E-state index in [4.69, 9.17) is 41.8 Å². The Labute approximate surface area is 285 Å². The number of hydrazone groups is 1. The zero-order valence-electron chi connectivity index (χ0n) is 24.8. The van der Waals surface area contributed by atoms with Gasteiger partial charge in [0.1, 0.15) is 24.7 Å². The molecule has 0 bridgehead atoms. The molecule has 0 saturated carbocycles. The highest BCUT2D eigenvalue weighted by Crippen LogP contribution is 2.35. The lowest BCUT2D eigenvalue weighted by molar-refractivity contribution is 0.0923. The van der Waals surface area contributed by atoms with Crippen LogP contribution in [0.1, 0.15) is 45.8 Å². The van der Waals surface area contributed by atoms with Gasteiger partial charge in [0, 0.05) is 17.1 Å². The van der Waals surface area contributed by atoms with E-state index in [1.165, 1.54) is 6.21 Å². The lowest BCUT2D eigenvalue weighted by Gasteiger charge is -2.15. The van der Waals surface area contributed by atoms with Crippen molar-refractivity contribution in [3.8, 4) is 22.9 Å². The zero-order valence-corrected chi connectivity index (χ0v) is 28.4. The topological polar surface area (TPSA) is 87.2 Å². The van der Waals surface area contributed by atoms with Crippen LogP contribution in [0, 0.1) is 17.4 Å². The number of halogens is 3. The Morgan fingerprint density at radius 3 is 2.38 bits per heavy atom. The first kappa shape index (κ1) is 32.5. The van der Waals surface area contributed by atoms with Gasteiger partial charge in [-0.15, -0.1) is 0 Å². The van der Waals surface area contributed by atoms with Gasteiger partial charge in [-0.2, -0.15) is 5.10 Å². The Balaban J connectivity index is 1.16. The summed E-state index contributed by atoms with van der Waals surface area (Å²) in [7, 11) is 0. The number of rotatable bonds is 12. The van der Waals surface area contributed by atoms with Crippen LogP contribution in [-0.4, -0.2) is 23.3 Å². The number of hydrogen-bond donors (Lipinski definition) is 1. The summed E-state index contributed by atoms with van der Waals surface area (Å²) < 4.78 is 26.4. The summed E-state index contributed by atoms with van der Waals surface area (Å²) in [4.78, 5) is 12.7. The third-order valence-corrected chi connectivity index (χ3v) is 8.25. The first-order valence-electron chi connectivity index (χ1n) is 14.0. The van der Waals surface area contributed by atoms with Gasteiger partial charge in [0.15, 0.2) is 17.3 Å². The van der Waals surface area contributed by atoms with E-state index < -0.39 is 5.91 Å². The summed E-state index contributed by atoms with van der Waals surface area (Å²) in [6, 6.07) is 24.3. The number of amides is 1. The molecular weight excluding hydrogens is 728 g/mol. The minimum atomic E-state index is -0.486. The van der Waals surface area contributed by atoms with Crippen LogP contribution in [0.15, 0.2) is 88.4 Å². The number of carbonyl (C=O) groups is 1. The number of ether oxygens (including phenoxy) is 3. The monoisotopic (exact) mass is 757 g/mol. The van der Waals surface area contributed by atoms with Crippen molar-refractivity contribution in [1.82, 2.24) is 9.99 Å². The van der Waals surface area contributed by atoms with Gasteiger partial charge in [0.2, 0.25) is 0 Å². The smallest absolute Gasteiger partial charge is 0.307 e. The molecule has 0 saturated heterocycles. The molecule has 0 aliphatic rings. The van der Waals surface area contributed by atoms with Crippen molar-refractivity contribution in [2.24, 2.45) is 5.10 Å². The Bertz CT molecular complexity index is 1810. The van der Waals surface area contributed by atoms with E-state index in [1.54, 1.807) is 30.3 Å². The summed E-state index contributed by atoms with van der Waals surface area (Å²) >= 11 is 14.3. The van der Waals surface area contributed by atoms with E-state index in [2.05, 4.69) is 63.7 Å². The normalized spacial score (nSPS) is 11.2. The zero-order chi connectivity index (χ0) is 31.9. The molecule has 2 heterocycles. The molecule has 0 spiro atoms. The molecule has 1 N–H and O–H groups in total. The van der Waals surface area contributed by atoms with E-state index in [1.807, 2.05) is 43.3 Å². The predicted octanol–water partition coefficient (Wildman–Crippen LogP) is 8.92. The highest BCUT2D eigenvalue weighted by atomic mass is 127. The predicted molar refractivity (Wildman–Crippen MR) is 184 cm³/mol. The number of aromatic nitrogens is 1. The second kappa shape index (κ2) is 14.9. The van der Waals surface area contributed by atoms with Crippen LogP contribution in [0.5, 0.6) is 17.2 Å². The Kier molecular flexibility index (Phi) is 10.7. The molecule has 5 rings (SSSR count). The van der Waals surface area contributed by atoms with Gasteiger partial charge in [-0.05, 0) is 127 Å². The van der Waals surface area contributed by atoms with Gasteiger partial charge in [0.05, 0.1) is 26.4 Å². The van der Waals surface area contributed by atoms with Crippen LogP contribution in [0.4, 0.5) is 0 Å². The maximum atomic E-state index is 12.7. The molecule has 0 atom stereocenters. The molecule has 0 aliphatic carbocycles. The Morgan fingerprint density at radius 1 is 0.911 bits per heavy atom. The highest BCUT2D eigenvalue weighted by Gasteiger charge is 2.14. The second-order valence-electron chi connectivity index (χ2n) is 10.00. The highest BCUT2D eigenvalue weighted by molar-refractivity contribution is 14.1. The quantitative estimate of drug-likeness (QED) is 0.0781. The third-order valence-electron chi connectivity index (χ3n) is 6.71. The molecule has 3 aromatic carbocycles. The fourth-order valence-electron chi connectivity index (χ4n) is 4.57. The molecule has 8 nitrogen and oxygen atoms in total. The fourth-order valence-corrected chi connectivity index (χ4v) is 5.67. The lowest BCUT2D eigenvalue weighted by Crippen LogP contribution is -2.16. The van der Waals surface area contributed by atoms with Crippen molar-refractivity contribution in [2.45, 2.75) is 34.0 Å². The van der Waals surface area contributed by atoms with Crippen LogP contribution >= 0.6 is 45.8 Å². The van der Waals surface area contributed by atoms with Crippen molar-refractivity contribution >= 4 is 57.9 Å². The van der Waals surface area contributed by atoms with Gasteiger partial charge >= 0.3 is 5.91 Å². The molecule has 5 aromatic rings. The number of hydrogen-bond acceptors (Lipinski definition) is 6. The molecule has 232 valence electrons. The number of benzene rings is 3. The third kappa shape index (κ3) is 8.22. The van der Waals surface area contributed by atoms with E-state index >= 15 is 0 Å². The van der Waals surface area contributed by atoms with Crippen molar-refractivity contribution in [2.75, 3.05) is 6.61 Å². The van der Waals surface area contributed by atoms with E-state index in [-0.39, 0.29) is 19.0 Å². The maximum absolute atomic E-state index is 12.7. The van der Waals surface area contributed by atoms with Crippen molar-refractivity contribution in [1.29, 1.82) is 0 Å². The van der Waals surface area contributed by atoms with Crippen LogP contribution in [0.2, 0.25) is 10.0 Å². The largest absolute Gasteiger partial charge is 0.490 e. The van der Waals surface area contributed by atoms with Gasteiger partial charge < -0.3 is 23.2 Å². The number of aryl methyl sites for hydroxylation is 2. The SMILES string of the molecule is CCOc1cc(/C=N/NC(=O)c2ccc(COc3ccc(-n4c(C)ccc4C)cc3)o2)cc(I)c1OCc1ccc(Cl)c(Cl)c1. The first-order valence-corrected chi connectivity index (χ1v) is 15.9. The van der Waals surface area contributed by atoms with Crippen LogP contribution in [-0.2, 0) is 13.2 Å². The van der Waals surface area contributed by atoms with Crippen molar-refractivity contribution in [3.63, 3.8) is 0 Å². The number of carbonyl (C=O) groups excluding carboxylic acids is 1. The molecular formula is C34H30Cl2IN3O5. The van der Waals surface area contributed by atoms with Gasteiger partial charge in [-0.3, -0.25) is 4.79 Å². The summed E-state index contributed by atoms with van der Waals surface area (Å²) in [6.07, 6.45) is 1.53. The molecule has 0 unspecified atom stereocenters. The Morgan fingerprint density at radius 2 is 1.67 bits per heavy atom. The number of nitrogens with zero attached hydrogens (tertiary/aromatic N) is 2. The van der Waals surface area contributed by atoms with Crippen LogP contribution in [0.25, 0.3) is 5.69 Å². The van der Waals surface area contributed by atoms with Crippen LogP contribution < -0.4 is 19.6 Å². The molecule has 11 heteroatoms. The summed E-state index contributed by atoms with van der Waals surface area (Å²) in [6.45, 7) is 6.94. The Hall–Kier alpha value is -3.93. The summed E-state index contributed by atoms with van der Waals surface area (Å²) in [5.74, 6) is 1.99. The van der Waals surface area contributed by atoms with Crippen LogP contribution in [0.3, 0.4) is 0 Å². The minimum Gasteiger partial charge on any atom is -0.490 e. The molecule has 2 aromatic heterocycles. The average Bonchev–Trinajstić information content (AvgIpc) is 3.64. The first-order chi connectivity index (χ1) is 21.7. The second-order valence-corrected chi connectivity index (χ2v) is 12.0.